The van der Waals surface area contributed by atoms with Gasteiger partial charge in [0.15, 0.2) is 0 Å². The Morgan fingerprint density at radius 3 is 2.26 bits per heavy atom. The summed E-state index contributed by atoms with van der Waals surface area (Å²) in [5, 5.41) is 6.83. The largest absolute Gasteiger partial charge is 0.340 e. The van der Waals surface area contributed by atoms with Crippen molar-refractivity contribution in [1.29, 1.82) is 0 Å². The molecule has 1 saturated heterocycles. The highest BCUT2D eigenvalue weighted by Crippen LogP contribution is 2.25. The zero-order valence-electron chi connectivity index (χ0n) is 20.4. The second-order valence-corrected chi connectivity index (χ2v) is 9.51. The highest BCUT2D eigenvalue weighted by molar-refractivity contribution is 5.84. The molecule has 6 bridgehead atoms. The second kappa shape index (κ2) is 11.0. The van der Waals surface area contributed by atoms with E-state index in [-0.39, 0.29) is 6.04 Å². The van der Waals surface area contributed by atoms with E-state index in [4.69, 9.17) is 0 Å². The van der Waals surface area contributed by atoms with Crippen LogP contribution < -0.4 is 10.6 Å². The van der Waals surface area contributed by atoms with Gasteiger partial charge in [0.1, 0.15) is 23.7 Å². The van der Waals surface area contributed by atoms with Gasteiger partial charge in [0, 0.05) is 37.0 Å². The maximum Gasteiger partial charge on any atom is 0.150 e. The molecule has 5 rings (SSSR count). The van der Waals surface area contributed by atoms with Crippen LogP contribution in [0.1, 0.15) is 43.7 Å². The van der Waals surface area contributed by atoms with E-state index < -0.39 is 0 Å². The van der Waals surface area contributed by atoms with Crippen LogP contribution in [-0.4, -0.2) is 51.2 Å². The smallest absolute Gasteiger partial charge is 0.150 e. The number of benzene rings is 2. The summed E-state index contributed by atoms with van der Waals surface area (Å²) in [6.45, 7) is 6.70. The normalized spacial score (nSPS) is 19.9. The summed E-state index contributed by atoms with van der Waals surface area (Å²) in [5.41, 5.74) is 4.41. The number of ketones is 1. The van der Waals surface area contributed by atoms with Gasteiger partial charge in [-0.3, -0.25) is 14.6 Å². The Morgan fingerprint density at radius 1 is 0.886 bits per heavy atom. The fourth-order valence-corrected chi connectivity index (χ4v) is 5.15. The summed E-state index contributed by atoms with van der Waals surface area (Å²) in [7, 11) is 0. The van der Waals surface area contributed by atoms with E-state index in [0.717, 1.165) is 75.0 Å². The van der Waals surface area contributed by atoms with Crippen LogP contribution in [0.25, 0.3) is 0 Å². The fraction of sp³-hybridized carbons (Fsp3) is 0.393. The number of rotatable bonds is 1. The topological polar surface area (TPSA) is 73.4 Å². The zero-order chi connectivity index (χ0) is 24.0. The van der Waals surface area contributed by atoms with E-state index in [1.54, 1.807) is 6.33 Å². The van der Waals surface area contributed by atoms with Gasteiger partial charge in [0.25, 0.3) is 0 Å². The lowest BCUT2D eigenvalue weighted by atomic mass is 10.0. The molecule has 2 aliphatic rings. The standard InChI is InChI=1S/C28H34N6O/c1-2-33-13-6-12-26(35)25-11-5-14-34(25)19-22-8-4-10-24(16-22)32-28-17-27(29-20-30-28)31-23-9-3-7-21(15-23)18-33/h3-4,7-10,15-17,20,25H,2,5-6,11-14,18-19H2,1H3,(H2,29,30,31,32). The molecule has 0 amide bonds. The monoisotopic (exact) mass is 470 g/mol. The number of fused-ring (bicyclic) bond motifs is 7. The molecule has 3 aromatic rings. The maximum absolute atomic E-state index is 13.1. The lowest BCUT2D eigenvalue weighted by Crippen LogP contribution is -2.36. The first-order valence-electron chi connectivity index (χ1n) is 12.7. The molecule has 1 unspecified atom stereocenters. The van der Waals surface area contributed by atoms with Crippen molar-refractivity contribution in [3.8, 4) is 0 Å². The minimum Gasteiger partial charge on any atom is -0.340 e. The average Bonchev–Trinajstić information content (AvgIpc) is 3.32. The van der Waals surface area contributed by atoms with E-state index in [1.807, 2.05) is 12.1 Å². The first kappa shape index (κ1) is 23.5. The molecule has 182 valence electrons. The van der Waals surface area contributed by atoms with Crippen LogP contribution in [0.3, 0.4) is 0 Å². The predicted molar refractivity (Wildman–Crippen MR) is 140 cm³/mol. The third kappa shape index (κ3) is 6.05. The van der Waals surface area contributed by atoms with Crippen molar-refractivity contribution in [1.82, 2.24) is 19.8 Å². The Morgan fingerprint density at radius 2 is 1.57 bits per heavy atom. The summed E-state index contributed by atoms with van der Waals surface area (Å²) >= 11 is 0. The van der Waals surface area contributed by atoms with Gasteiger partial charge in [-0.2, -0.15) is 0 Å². The maximum atomic E-state index is 13.1. The lowest BCUT2D eigenvalue weighted by molar-refractivity contribution is -0.123. The molecular formula is C28H34N6O. The van der Waals surface area contributed by atoms with Gasteiger partial charge >= 0.3 is 0 Å². The van der Waals surface area contributed by atoms with Crippen molar-refractivity contribution < 1.29 is 4.79 Å². The predicted octanol–water partition coefficient (Wildman–Crippen LogP) is 5.11. The van der Waals surface area contributed by atoms with E-state index in [1.165, 1.54) is 11.1 Å². The highest BCUT2D eigenvalue weighted by atomic mass is 16.1. The van der Waals surface area contributed by atoms with Crippen LogP contribution in [0, 0.1) is 0 Å². The number of hydrogen-bond donors (Lipinski definition) is 2. The van der Waals surface area contributed by atoms with Gasteiger partial charge in [0.2, 0.25) is 0 Å². The van der Waals surface area contributed by atoms with Crippen LogP contribution >= 0.6 is 0 Å². The minimum atomic E-state index is 0.0412. The van der Waals surface area contributed by atoms with Crippen LogP contribution in [-0.2, 0) is 17.9 Å². The average molecular weight is 471 g/mol. The molecule has 1 aromatic heterocycles. The van der Waals surface area contributed by atoms with Gasteiger partial charge in [-0.05, 0) is 74.3 Å². The third-order valence-electron chi connectivity index (χ3n) is 6.94. The van der Waals surface area contributed by atoms with Crippen LogP contribution in [0.2, 0.25) is 0 Å². The Labute approximate surface area is 207 Å². The van der Waals surface area contributed by atoms with E-state index in [0.29, 0.717) is 12.2 Å². The number of Topliss-reactive ketones (excluding diaryl/α,β-unsaturated/α-hetero) is 1. The van der Waals surface area contributed by atoms with E-state index in [9.17, 15) is 4.79 Å². The molecule has 0 aliphatic carbocycles. The van der Waals surface area contributed by atoms with Crippen LogP contribution in [0.5, 0.6) is 0 Å². The van der Waals surface area contributed by atoms with Crippen LogP contribution in [0.15, 0.2) is 60.9 Å². The number of nitrogens with one attached hydrogen (secondary N) is 2. The number of carbonyl (C=O) groups excluding carboxylic acids is 1. The highest BCUT2D eigenvalue weighted by Gasteiger charge is 2.30. The minimum absolute atomic E-state index is 0.0412. The molecule has 1 atom stereocenters. The molecule has 3 heterocycles. The molecule has 2 aromatic carbocycles. The van der Waals surface area contributed by atoms with E-state index in [2.05, 4.69) is 79.8 Å². The van der Waals surface area contributed by atoms with Gasteiger partial charge in [0.05, 0.1) is 6.04 Å². The van der Waals surface area contributed by atoms with Crippen molar-refractivity contribution in [3.05, 3.63) is 72.1 Å². The summed E-state index contributed by atoms with van der Waals surface area (Å²) in [5.74, 6) is 1.87. The molecule has 0 saturated carbocycles. The van der Waals surface area contributed by atoms with Gasteiger partial charge in [-0.1, -0.05) is 31.2 Å². The van der Waals surface area contributed by atoms with Crippen molar-refractivity contribution in [2.45, 2.75) is 51.7 Å². The summed E-state index contributed by atoms with van der Waals surface area (Å²) in [6, 6.07) is 18.8. The second-order valence-electron chi connectivity index (χ2n) is 9.51. The van der Waals surface area contributed by atoms with Gasteiger partial charge in [-0.15, -0.1) is 0 Å². The molecule has 7 nitrogen and oxygen atoms in total. The van der Waals surface area contributed by atoms with Gasteiger partial charge in [-0.25, -0.2) is 9.97 Å². The van der Waals surface area contributed by atoms with Crippen molar-refractivity contribution in [2.75, 3.05) is 30.3 Å². The molecule has 0 spiro atoms. The Kier molecular flexibility index (Phi) is 7.35. The number of carbonyl (C=O) groups is 1. The van der Waals surface area contributed by atoms with E-state index >= 15 is 0 Å². The molecule has 1 fully saturated rings. The van der Waals surface area contributed by atoms with Gasteiger partial charge < -0.3 is 10.6 Å². The lowest BCUT2D eigenvalue weighted by Gasteiger charge is -2.25. The molecule has 2 N–H and O–H groups in total. The molecule has 0 radical (unpaired) electrons. The summed E-state index contributed by atoms with van der Waals surface area (Å²) in [4.78, 5) is 26.7. The fourth-order valence-electron chi connectivity index (χ4n) is 5.15. The Balaban J connectivity index is 1.43. The first-order chi connectivity index (χ1) is 17.2. The molecule has 7 heteroatoms. The number of anilines is 4. The summed E-state index contributed by atoms with van der Waals surface area (Å²) in [6.07, 6.45) is 5.18. The van der Waals surface area contributed by atoms with Crippen molar-refractivity contribution >= 4 is 28.8 Å². The quantitative estimate of drug-likeness (QED) is 0.512. The number of aromatic nitrogens is 2. The Hall–Kier alpha value is -3.29. The zero-order valence-corrected chi connectivity index (χ0v) is 20.4. The third-order valence-corrected chi connectivity index (χ3v) is 6.94. The molecule has 2 aliphatic heterocycles. The molecule has 35 heavy (non-hydrogen) atoms. The molecular weight excluding hydrogens is 436 g/mol. The SMILES string of the molecule is CCN1CCCC(=O)C2CCCN2Cc2cccc(c2)Nc2cc(ncn2)Nc2cccc(c2)C1. The van der Waals surface area contributed by atoms with Crippen molar-refractivity contribution in [2.24, 2.45) is 0 Å². The number of hydrogen-bond acceptors (Lipinski definition) is 7. The number of nitrogens with zero attached hydrogens (tertiary/aromatic N) is 4. The summed E-state index contributed by atoms with van der Waals surface area (Å²) < 4.78 is 0. The van der Waals surface area contributed by atoms with Crippen molar-refractivity contribution in [3.63, 3.8) is 0 Å². The van der Waals surface area contributed by atoms with Crippen LogP contribution in [0.4, 0.5) is 23.0 Å². The first-order valence-corrected chi connectivity index (χ1v) is 12.7. The Bertz CT molecular complexity index is 1170.